The van der Waals surface area contributed by atoms with Gasteiger partial charge < -0.3 is 49.7 Å². The minimum Gasteiger partial charge on any atom is -0.480 e. The molecule has 0 aliphatic carbocycles. The van der Waals surface area contributed by atoms with Gasteiger partial charge in [-0.3, -0.25) is 24.4 Å². The van der Waals surface area contributed by atoms with Crippen LogP contribution in [0.15, 0.2) is 9.98 Å². The van der Waals surface area contributed by atoms with Gasteiger partial charge in [0.2, 0.25) is 17.7 Å². The predicted octanol–water partition coefficient (Wildman–Crippen LogP) is -3.36. The van der Waals surface area contributed by atoms with Crippen molar-refractivity contribution >= 4 is 60.0 Å². The van der Waals surface area contributed by atoms with Gasteiger partial charge >= 0.3 is 5.97 Å². The van der Waals surface area contributed by atoms with Crippen LogP contribution in [0.3, 0.4) is 0 Å². The maximum atomic E-state index is 13.0. The van der Waals surface area contributed by atoms with Crippen molar-refractivity contribution in [3.63, 3.8) is 0 Å². The molecule has 0 aromatic carbocycles. The van der Waals surface area contributed by atoms with E-state index < -0.39 is 47.9 Å². The first-order chi connectivity index (χ1) is 17.4. The smallest absolute Gasteiger partial charge is 0.326 e. The number of thiol groups is 1. The summed E-state index contributed by atoms with van der Waals surface area (Å²) in [5, 5.41) is 16.9. The van der Waals surface area contributed by atoms with Crippen molar-refractivity contribution in [1.82, 2.24) is 16.0 Å². The lowest BCUT2D eigenvalue weighted by atomic mass is 10.1. The van der Waals surface area contributed by atoms with Crippen LogP contribution in [0.2, 0.25) is 0 Å². The molecule has 4 unspecified atom stereocenters. The molecule has 14 N–H and O–H groups in total. The molecule has 0 heterocycles. The van der Waals surface area contributed by atoms with E-state index in [1.165, 1.54) is 11.8 Å². The third kappa shape index (κ3) is 15.7. The van der Waals surface area contributed by atoms with E-state index in [0.29, 0.717) is 25.1 Å². The summed E-state index contributed by atoms with van der Waals surface area (Å²) in [4.78, 5) is 57.4. The van der Waals surface area contributed by atoms with E-state index >= 15 is 0 Å². The number of nitrogens with two attached hydrogens (primary N) is 5. The first-order valence-corrected chi connectivity index (χ1v) is 13.6. The normalized spacial score (nSPS) is 13.8. The molecule has 0 saturated carbocycles. The summed E-state index contributed by atoms with van der Waals surface area (Å²) >= 11 is 5.54. The molecule has 0 spiro atoms. The zero-order valence-electron chi connectivity index (χ0n) is 20.9. The maximum absolute atomic E-state index is 13.0. The average molecular weight is 565 g/mol. The summed E-state index contributed by atoms with van der Waals surface area (Å²) in [6.45, 7) is 0.498. The van der Waals surface area contributed by atoms with Crippen LogP contribution in [0.4, 0.5) is 0 Å². The number of aliphatic imine (C=N–C) groups is 2. The molecular formula is C20H40N10O5S2. The Morgan fingerprint density at radius 1 is 0.811 bits per heavy atom. The lowest BCUT2D eigenvalue weighted by Crippen LogP contribution is -2.57. The molecule has 0 fully saturated rings. The minimum absolute atomic E-state index is 0.0720. The molecule has 0 aliphatic heterocycles. The number of carbonyl (C=O) groups excluding carboxylic acids is 3. The molecule has 0 aromatic heterocycles. The van der Waals surface area contributed by atoms with Gasteiger partial charge in [-0.1, -0.05) is 0 Å². The molecule has 3 amide bonds. The van der Waals surface area contributed by atoms with Crippen LogP contribution in [0.5, 0.6) is 0 Å². The van der Waals surface area contributed by atoms with Crippen LogP contribution in [-0.4, -0.2) is 95.7 Å². The fraction of sp³-hybridized carbons (Fsp3) is 0.700. The van der Waals surface area contributed by atoms with E-state index in [2.05, 4.69) is 38.6 Å². The van der Waals surface area contributed by atoms with Gasteiger partial charge in [-0.15, -0.1) is 0 Å². The monoisotopic (exact) mass is 564 g/mol. The number of carbonyl (C=O) groups is 4. The van der Waals surface area contributed by atoms with Crippen molar-refractivity contribution in [2.45, 2.75) is 56.3 Å². The fourth-order valence-electron chi connectivity index (χ4n) is 2.93. The predicted molar refractivity (Wildman–Crippen MR) is 148 cm³/mol. The van der Waals surface area contributed by atoms with Gasteiger partial charge in [0.1, 0.15) is 18.1 Å². The lowest BCUT2D eigenvalue weighted by Gasteiger charge is -2.24. The quantitative estimate of drug-likeness (QED) is 0.0320. The van der Waals surface area contributed by atoms with E-state index in [1.54, 1.807) is 0 Å². The fourth-order valence-corrected chi connectivity index (χ4v) is 3.66. The van der Waals surface area contributed by atoms with Gasteiger partial charge in [-0.2, -0.15) is 24.4 Å². The largest absolute Gasteiger partial charge is 0.480 e. The topological polar surface area (TPSA) is 279 Å². The summed E-state index contributed by atoms with van der Waals surface area (Å²) in [6.07, 6.45) is 3.20. The average Bonchev–Trinajstić information content (AvgIpc) is 2.83. The van der Waals surface area contributed by atoms with E-state index in [1.807, 2.05) is 6.26 Å². The van der Waals surface area contributed by atoms with Gasteiger partial charge in [-0.25, -0.2) is 4.79 Å². The molecule has 0 aromatic rings. The molecular weight excluding hydrogens is 524 g/mol. The number of carboxylic acids is 1. The number of carboxylic acid groups (broad SMARTS) is 1. The number of aliphatic carboxylic acids is 1. The highest BCUT2D eigenvalue weighted by molar-refractivity contribution is 7.98. The van der Waals surface area contributed by atoms with Crippen LogP contribution >= 0.6 is 24.4 Å². The zero-order chi connectivity index (χ0) is 28.4. The number of thioether (sulfide) groups is 1. The number of hydrogen-bond donors (Lipinski definition) is 10. The Morgan fingerprint density at radius 3 is 1.78 bits per heavy atom. The molecule has 212 valence electrons. The van der Waals surface area contributed by atoms with Crippen molar-refractivity contribution in [3.8, 4) is 0 Å². The highest BCUT2D eigenvalue weighted by Crippen LogP contribution is 2.05. The van der Waals surface area contributed by atoms with Crippen LogP contribution in [0.25, 0.3) is 0 Å². The molecule has 17 heteroatoms. The van der Waals surface area contributed by atoms with Gasteiger partial charge in [-0.05, 0) is 44.1 Å². The first-order valence-electron chi connectivity index (χ1n) is 11.5. The molecule has 15 nitrogen and oxygen atoms in total. The second-order valence-corrected chi connectivity index (χ2v) is 9.34. The number of rotatable bonds is 19. The van der Waals surface area contributed by atoms with E-state index in [0.717, 1.165) is 0 Å². The second-order valence-electron chi connectivity index (χ2n) is 7.99. The Hall–Kier alpha value is -2.92. The van der Waals surface area contributed by atoms with Crippen molar-refractivity contribution in [3.05, 3.63) is 0 Å². The molecule has 4 atom stereocenters. The number of hydrogen-bond acceptors (Lipinski definition) is 9. The molecule has 0 bridgehead atoms. The Kier molecular flexibility index (Phi) is 17.7. The number of guanidine groups is 2. The summed E-state index contributed by atoms with van der Waals surface area (Å²) in [5.74, 6) is -2.93. The van der Waals surface area contributed by atoms with E-state index in [-0.39, 0.29) is 43.5 Å². The highest BCUT2D eigenvalue weighted by Gasteiger charge is 2.29. The van der Waals surface area contributed by atoms with E-state index in [4.69, 9.17) is 28.7 Å². The van der Waals surface area contributed by atoms with Gasteiger partial charge in [0, 0.05) is 18.8 Å². The maximum Gasteiger partial charge on any atom is 0.326 e. The Labute approximate surface area is 226 Å². The van der Waals surface area contributed by atoms with Gasteiger partial charge in [0.05, 0.1) is 6.04 Å². The number of nitrogens with one attached hydrogen (secondary N) is 3. The molecule has 0 saturated heterocycles. The number of amides is 3. The Balaban J connectivity index is 5.30. The third-order valence-electron chi connectivity index (χ3n) is 4.92. The van der Waals surface area contributed by atoms with Crippen molar-refractivity contribution in [2.75, 3.05) is 30.9 Å². The molecule has 0 aliphatic rings. The van der Waals surface area contributed by atoms with Crippen molar-refractivity contribution in [1.29, 1.82) is 0 Å². The van der Waals surface area contributed by atoms with Crippen molar-refractivity contribution in [2.24, 2.45) is 38.7 Å². The Morgan fingerprint density at radius 2 is 1.30 bits per heavy atom. The van der Waals surface area contributed by atoms with Gasteiger partial charge in [0.25, 0.3) is 0 Å². The summed E-state index contributed by atoms with van der Waals surface area (Å²) in [7, 11) is 0. The SMILES string of the molecule is CSCCC(NC(=O)C(CS)NC(=O)C(CCCN=C(N)N)NC(=O)C(N)CCCN=C(N)N)C(=O)O. The van der Waals surface area contributed by atoms with Crippen molar-refractivity contribution < 1.29 is 24.3 Å². The van der Waals surface area contributed by atoms with Gasteiger partial charge in [0.15, 0.2) is 11.9 Å². The second kappa shape index (κ2) is 19.2. The molecule has 37 heavy (non-hydrogen) atoms. The molecule has 0 rings (SSSR count). The summed E-state index contributed by atoms with van der Waals surface area (Å²) in [6, 6.07) is -4.25. The first kappa shape index (κ1) is 34.1. The summed E-state index contributed by atoms with van der Waals surface area (Å²) < 4.78 is 0. The van der Waals surface area contributed by atoms with E-state index in [9.17, 15) is 24.3 Å². The summed E-state index contributed by atoms with van der Waals surface area (Å²) in [5.41, 5.74) is 27.1. The van der Waals surface area contributed by atoms with Crippen LogP contribution in [0, 0.1) is 0 Å². The third-order valence-corrected chi connectivity index (χ3v) is 5.93. The highest BCUT2D eigenvalue weighted by atomic mass is 32.2. The van der Waals surface area contributed by atoms with Crippen LogP contribution < -0.4 is 44.6 Å². The molecule has 0 radical (unpaired) electrons. The van der Waals surface area contributed by atoms with Crippen LogP contribution in [-0.2, 0) is 19.2 Å². The standard InChI is InChI=1S/C20H40N10O5S2/c1-37-9-6-13(18(34)35)29-17(33)14(10-36)30-16(32)12(5-3-8-27-20(24)25)28-15(31)11(21)4-2-7-26-19(22)23/h11-14,36H,2-10,21H2,1H3,(H,28,31)(H,29,33)(H,30,32)(H,34,35)(H4,22,23,26)(H4,24,25,27). The minimum atomic E-state index is -1.19. The Bertz CT molecular complexity index is 806. The number of nitrogens with zero attached hydrogens (tertiary/aromatic N) is 2. The lowest BCUT2D eigenvalue weighted by molar-refractivity contribution is -0.142. The van der Waals surface area contributed by atoms with Crippen LogP contribution in [0.1, 0.15) is 32.1 Å². The zero-order valence-corrected chi connectivity index (χ0v) is 22.6.